The number of rotatable bonds is 8. The van der Waals surface area contributed by atoms with E-state index in [9.17, 15) is 4.79 Å². The molecule has 0 saturated carbocycles. The Morgan fingerprint density at radius 3 is 2.66 bits per heavy atom. The molecule has 6 nitrogen and oxygen atoms in total. The molecule has 158 valence electrons. The van der Waals surface area contributed by atoms with Gasteiger partial charge in [0, 0.05) is 48.5 Å². The van der Waals surface area contributed by atoms with Crippen molar-refractivity contribution in [1.29, 1.82) is 0 Å². The van der Waals surface area contributed by atoms with Crippen LogP contribution in [-0.2, 0) is 17.8 Å². The molecule has 1 amide bonds. The first-order chi connectivity index (χ1) is 13.5. The molecule has 0 aliphatic rings. The van der Waals surface area contributed by atoms with E-state index in [1.807, 2.05) is 31.2 Å². The van der Waals surface area contributed by atoms with Gasteiger partial charge in [0.2, 0.25) is 5.91 Å². The van der Waals surface area contributed by atoms with E-state index in [4.69, 9.17) is 23.2 Å². The number of aromatic nitrogens is 1. The van der Waals surface area contributed by atoms with E-state index in [0.29, 0.717) is 42.1 Å². The Kier molecular flexibility index (Phi) is 11.9. The van der Waals surface area contributed by atoms with Gasteiger partial charge in [-0.2, -0.15) is 0 Å². The Morgan fingerprint density at radius 2 is 2.00 bits per heavy atom. The van der Waals surface area contributed by atoms with Crippen molar-refractivity contribution in [3.05, 3.63) is 63.9 Å². The Balaban J connectivity index is 0.00000420. The highest BCUT2D eigenvalue weighted by Gasteiger charge is 2.10. The van der Waals surface area contributed by atoms with E-state index in [1.165, 1.54) is 0 Å². The van der Waals surface area contributed by atoms with Gasteiger partial charge >= 0.3 is 0 Å². The first kappa shape index (κ1) is 25.5. The molecule has 0 spiro atoms. The number of hydrogen-bond donors (Lipinski definition) is 2. The fourth-order valence-electron chi connectivity index (χ4n) is 2.40. The lowest BCUT2D eigenvalue weighted by Gasteiger charge is -2.18. The Bertz CT molecular complexity index is 805. The topological polar surface area (TPSA) is 69.6 Å². The molecule has 2 aromatic rings. The average molecular weight is 550 g/mol. The summed E-state index contributed by atoms with van der Waals surface area (Å²) < 4.78 is 0. The number of carbonyl (C=O) groups excluding carboxylic acids is 1. The number of aliphatic imine (C=N–C) groups is 1. The molecule has 0 saturated heterocycles. The third-order valence-corrected chi connectivity index (χ3v) is 4.62. The van der Waals surface area contributed by atoms with E-state index in [0.717, 1.165) is 11.3 Å². The van der Waals surface area contributed by atoms with Crippen molar-refractivity contribution < 1.29 is 4.79 Å². The number of benzene rings is 1. The first-order valence-electron chi connectivity index (χ1n) is 9.09. The molecule has 1 aromatic heterocycles. The maximum atomic E-state index is 12.4. The summed E-state index contributed by atoms with van der Waals surface area (Å²) in [6.07, 6.45) is 2.47. The van der Waals surface area contributed by atoms with Gasteiger partial charge in [0.1, 0.15) is 0 Å². The van der Waals surface area contributed by atoms with E-state index >= 15 is 0 Å². The number of carbonyl (C=O) groups is 1. The van der Waals surface area contributed by atoms with Crippen molar-refractivity contribution in [2.75, 3.05) is 26.7 Å². The van der Waals surface area contributed by atoms with Crippen LogP contribution in [0.3, 0.4) is 0 Å². The minimum atomic E-state index is -0.0222. The molecule has 29 heavy (non-hydrogen) atoms. The van der Waals surface area contributed by atoms with Crippen molar-refractivity contribution in [2.45, 2.75) is 19.9 Å². The van der Waals surface area contributed by atoms with Crippen LogP contribution < -0.4 is 10.6 Å². The number of likely N-dealkylation sites (N-methyl/N-ethyl adjacent to an activating group) is 1. The molecule has 1 aromatic carbocycles. The lowest BCUT2D eigenvalue weighted by Crippen LogP contribution is -2.44. The fraction of sp³-hybridized carbons (Fsp3) is 0.350. The largest absolute Gasteiger partial charge is 0.357 e. The summed E-state index contributed by atoms with van der Waals surface area (Å²) >= 11 is 12.1. The molecule has 0 aliphatic carbocycles. The number of nitrogens with zero attached hydrogens (tertiary/aromatic N) is 3. The molecule has 9 heteroatoms. The van der Waals surface area contributed by atoms with Crippen LogP contribution in [0.25, 0.3) is 0 Å². The second-order valence-corrected chi connectivity index (χ2v) is 7.01. The fourth-order valence-corrected chi connectivity index (χ4v) is 2.87. The standard InChI is InChI=1S/C20H25Cl2N5O.HI/c1-3-23-20(25-13-15-7-8-16(21)12-18(15)22)26-14-19(28)27(2)11-9-17-6-4-5-10-24-17;/h4-8,10,12H,3,9,11,13-14H2,1-2H3,(H2,23,25,26);1H. The van der Waals surface area contributed by atoms with Gasteiger partial charge in [0.25, 0.3) is 0 Å². The Morgan fingerprint density at radius 1 is 1.21 bits per heavy atom. The van der Waals surface area contributed by atoms with Crippen LogP contribution >= 0.6 is 47.2 Å². The van der Waals surface area contributed by atoms with Crippen molar-refractivity contribution in [1.82, 2.24) is 20.5 Å². The van der Waals surface area contributed by atoms with Crippen molar-refractivity contribution in [2.24, 2.45) is 4.99 Å². The minimum Gasteiger partial charge on any atom is -0.357 e. The third kappa shape index (κ3) is 9.18. The van der Waals surface area contributed by atoms with Crippen molar-refractivity contribution in [3.8, 4) is 0 Å². The quantitative estimate of drug-likeness (QED) is 0.299. The summed E-state index contributed by atoms with van der Waals surface area (Å²) in [4.78, 5) is 22.8. The number of guanidine groups is 1. The zero-order chi connectivity index (χ0) is 20.4. The average Bonchev–Trinajstić information content (AvgIpc) is 2.69. The third-order valence-electron chi connectivity index (χ3n) is 4.03. The summed E-state index contributed by atoms with van der Waals surface area (Å²) in [6, 6.07) is 11.1. The van der Waals surface area contributed by atoms with Crippen LogP contribution in [0.1, 0.15) is 18.2 Å². The van der Waals surface area contributed by atoms with E-state index in [1.54, 1.807) is 30.3 Å². The minimum absolute atomic E-state index is 0. The molecule has 2 rings (SSSR count). The molecule has 0 radical (unpaired) electrons. The van der Waals surface area contributed by atoms with Gasteiger partial charge in [-0.1, -0.05) is 35.3 Å². The smallest absolute Gasteiger partial charge is 0.241 e. The van der Waals surface area contributed by atoms with Gasteiger partial charge in [-0.15, -0.1) is 24.0 Å². The molecule has 0 aliphatic heterocycles. The molecule has 0 atom stereocenters. The molecule has 2 N–H and O–H groups in total. The normalized spacial score (nSPS) is 10.8. The van der Waals surface area contributed by atoms with Gasteiger partial charge in [0.15, 0.2) is 5.96 Å². The monoisotopic (exact) mass is 549 g/mol. The lowest BCUT2D eigenvalue weighted by atomic mass is 10.2. The van der Waals surface area contributed by atoms with Gasteiger partial charge in [-0.05, 0) is 36.8 Å². The van der Waals surface area contributed by atoms with Crippen LogP contribution in [-0.4, -0.2) is 48.4 Å². The predicted octanol–water partition coefficient (Wildman–Crippen LogP) is 3.76. The lowest BCUT2D eigenvalue weighted by molar-refractivity contribution is -0.128. The van der Waals surface area contributed by atoms with Crippen LogP contribution in [0, 0.1) is 0 Å². The summed E-state index contributed by atoms with van der Waals surface area (Å²) in [5, 5.41) is 7.34. The highest BCUT2D eigenvalue weighted by atomic mass is 127. The van der Waals surface area contributed by atoms with Crippen LogP contribution in [0.5, 0.6) is 0 Å². The Labute approximate surface area is 199 Å². The number of halogens is 3. The van der Waals surface area contributed by atoms with Crippen LogP contribution in [0.15, 0.2) is 47.6 Å². The summed E-state index contributed by atoms with van der Waals surface area (Å²) in [6.45, 7) is 3.79. The van der Waals surface area contributed by atoms with Crippen LogP contribution in [0.2, 0.25) is 10.0 Å². The zero-order valence-electron chi connectivity index (χ0n) is 16.5. The summed E-state index contributed by atoms with van der Waals surface area (Å²) in [7, 11) is 1.78. The second kappa shape index (κ2) is 13.6. The molecule has 0 fully saturated rings. The SMILES string of the molecule is CCNC(=NCc1ccc(Cl)cc1Cl)NCC(=O)N(C)CCc1ccccn1.I. The highest BCUT2D eigenvalue weighted by molar-refractivity contribution is 14.0. The number of amides is 1. The molecule has 0 bridgehead atoms. The zero-order valence-corrected chi connectivity index (χ0v) is 20.3. The van der Waals surface area contributed by atoms with Crippen molar-refractivity contribution >= 4 is 59.0 Å². The summed E-state index contributed by atoms with van der Waals surface area (Å²) in [5.41, 5.74) is 1.83. The number of nitrogens with one attached hydrogen (secondary N) is 2. The van der Waals surface area contributed by atoms with Crippen LogP contribution in [0.4, 0.5) is 0 Å². The number of pyridine rings is 1. The number of hydrogen-bond acceptors (Lipinski definition) is 3. The van der Waals surface area contributed by atoms with Gasteiger partial charge in [-0.3, -0.25) is 9.78 Å². The van der Waals surface area contributed by atoms with E-state index in [-0.39, 0.29) is 36.4 Å². The van der Waals surface area contributed by atoms with Gasteiger partial charge < -0.3 is 15.5 Å². The van der Waals surface area contributed by atoms with Gasteiger partial charge in [-0.25, -0.2) is 4.99 Å². The second-order valence-electron chi connectivity index (χ2n) is 6.17. The molecule has 0 unspecified atom stereocenters. The Hall–Kier alpha value is -1.58. The highest BCUT2D eigenvalue weighted by Crippen LogP contribution is 2.21. The van der Waals surface area contributed by atoms with E-state index in [2.05, 4.69) is 20.6 Å². The molecular weight excluding hydrogens is 524 g/mol. The van der Waals surface area contributed by atoms with E-state index < -0.39 is 0 Å². The summed E-state index contributed by atoms with van der Waals surface area (Å²) in [5.74, 6) is 0.533. The maximum Gasteiger partial charge on any atom is 0.241 e. The molecule has 1 heterocycles. The van der Waals surface area contributed by atoms with Crippen molar-refractivity contribution in [3.63, 3.8) is 0 Å². The maximum absolute atomic E-state index is 12.4. The first-order valence-corrected chi connectivity index (χ1v) is 9.85. The molecular formula is C20H26Cl2IN5O. The van der Waals surface area contributed by atoms with Gasteiger partial charge in [0.05, 0.1) is 13.1 Å². The predicted molar refractivity (Wildman–Crippen MR) is 130 cm³/mol.